The van der Waals surface area contributed by atoms with Gasteiger partial charge in [0.2, 0.25) is 5.91 Å². The molecule has 0 saturated carbocycles. The Morgan fingerprint density at radius 1 is 1.14 bits per heavy atom. The molecule has 150 valence electrons. The quantitative estimate of drug-likeness (QED) is 0.698. The van der Waals surface area contributed by atoms with Crippen LogP contribution in [0.4, 0.5) is 4.39 Å². The van der Waals surface area contributed by atoms with Crippen LogP contribution in [0.5, 0.6) is 0 Å². The fourth-order valence-electron chi connectivity index (χ4n) is 4.07. The molecule has 1 aliphatic rings. The molecule has 0 aromatic heterocycles. The topological polar surface area (TPSA) is 32.8 Å². The zero-order valence-corrected chi connectivity index (χ0v) is 16.7. The van der Waals surface area contributed by atoms with Crippen molar-refractivity contribution < 1.29 is 13.9 Å². The second-order valence-electron chi connectivity index (χ2n) is 7.56. The standard InChI is InChI=1S/C23H29FN2O2/c1-18(27)26(12-13-28-2)16-21-15-25(14-19-6-4-3-5-7-19)17-23(21)20-8-10-22(24)11-9-20/h3-11,21,23H,12-17H2,1-2H3. The summed E-state index contributed by atoms with van der Waals surface area (Å²) in [5.41, 5.74) is 2.42. The maximum absolute atomic E-state index is 13.4. The highest BCUT2D eigenvalue weighted by atomic mass is 19.1. The van der Waals surface area contributed by atoms with Crippen LogP contribution in [0.2, 0.25) is 0 Å². The third-order valence-corrected chi connectivity index (χ3v) is 5.53. The molecule has 0 spiro atoms. The van der Waals surface area contributed by atoms with E-state index >= 15 is 0 Å². The Hall–Kier alpha value is -2.24. The summed E-state index contributed by atoms with van der Waals surface area (Å²) in [4.78, 5) is 16.4. The van der Waals surface area contributed by atoms with Crippen molar-refractivity contribution in [1.29, 1.82) is 0 Å². The van der Waals surface area contributed by atoms with Crippen molar-refractivity contribution in [3.8, 4) is 0 Å². The smallest absolute Gasteiger partial charge is 0.219 e. The van der Waals surface area contributed by atoms with Gasteiger partial charge in [-0.25, -0.2) is 4.39 Å². The van der Waals surface area contributed by atoms with Gasteiger partial charge >= 0.3 is 0 Å². The van der Waals surface area contributed by atoms with Gasteiger partial charge in [0.15, 0.2) is 0 Å². The SMILES string of the molecule is COCCN(CC1CN(Cc2ccccc2)CC1c1ccc(F)cc1)C(C)=O. The van der Waals surface area contributed by atoms with E-state index in [2.05, 4.69) is 29.2 Å². The van der Waals surface area contributed by atoms with E-state index in [-0.39, 0.29) is 17.6 Å². The highest BCUT2D eigenvalue weighted by molar-refractivity contribution is 5.73. The normalized spacial score (nSPS) is 19.7. The Balaban J connectivity index is 1.76. The molecule has 1 amide bonds. The third-order valence-electron chi connectivity index (χ3n) is 5.53. The first-order chi connectivity index (χ1) is 13.6. The Bertz CT molecular complexity index is 751. The number of rotatable bonds is 8. The van der Waals surface area contributed by atoms with Gasteiger partial charge in [-0.2, -0.15) is 0 Å². The molecule has 0 aliphatic carbocycles. The molecule has 1 saturated heterocycles. The minimum atomic E-state index is -0.218. The molecule has 1 fully saturated rings. The number of halogens is 1. The van der Waals surface area contributed by atoms with Gasteiger partial charge in [0.25, 0.3) is 0 Å². The minimum Gasteiger partial charge on any atom is -0.383 e. The van der Waals surface area contributed by atoms with Crippen LogP contribution >= 0.6 is 0 Å². The lowest BCUT2D eigenvalue weighted by Crippen LogP contribution is -2.38. The molecule has 1 aliphatic heterocycles. The third kappa shape index (κ3) is 5.40. The molecule has 3 rings (SSSR count). The van der Waals surface area contributed by atoms with Crippen LogP contribution in [0.3, 0.4) is 0 Å². The van der Waals surface area contributed by atoms with Crippen molar-refractivity contribution in [1.82, 2.24) is 9.80 Å². The lowest BCUT2D eigenvalue weighted by atomic mass is 9.88. The molecule has 2 aromatic carbocycles. The summed E-state index contributed by atoms with van der Waals surface area (Å²) in [5.74, 6) is 0.421. The molecule has 2 unspecified atom stereocenters. The number of carbonyl (C=O) groups is 1. The van der Waals surface area contributed by atoms with Gasteiger partial charge in [-0.05, 0) is 29.2 Å². The Kier molecular flexibility index (Phi) is 7.18. The van der Waals surface area contributed by atoms with E-state index in [9.17, 15) is 9.18 Å². The van der Waals surface area contributed by atoms with Crippen molar-refractivity contribution in [2.24, 2.45) is 5.92 Å². The Morgan fingerprint density at radius 3 is 2.50 bits per heavy atom. The molecule has 2 aromatic rings. The maximum Gasteiger partial charge on any atom is 0.219 e. The van der Waals surface area contributed by atoms with E-state index in [1.54, 1.807) is 14.0 Å². The van der Waals surface area contributed by atoms with Crippen LogP contribution in [0.15, 0.2) is 54.6 Å². The van der Waals surface area contributed by atoms with Gasteiger partial charge in [-0.15, -0.1) is 0 Å². The molecule has 5 heteroatoms. The predicted molar refractivity (Wildman–Crippen MR) is 108 cm³/mol. The van der Waals surface area contributed by atoms with Crippen LogP contribution in [-0.4, -0.2) is 55.6 Å². The highest BCUT2D eigenvalue weighted by Gasteiger charge is 2.35. The number of amides is 1. The largest absolute Gasteiger partial charge is 0.383 e. The number of methoxy groups -OCH3 is 1. The second-order valence-corrected chi connectivity index (χ2v) is 7.56. The van der Waals surface area contributed by atoms with Crippen molar-refractivity contribution in [2.75, 3.05) is 39.9 Å². The van der Waals surface area contributed by atoms with Crippen molar-refractivity contribution >= 4 is 5.91 Å². The van der Waals surface area contributed by atoms with Gasteiger partial charge in [0.1, 0.15) is 5.82 Å². The lowest BCUT2D eigenvalue weighted by molar-refractivity contribution is -0.130. The lowest BCUT2D eigenvalue weighted by Gasteiger charge is -2.27. The summed E-state index contributed by atoms with van der Waals surface area (Å²) >= 11 is 0. The molecule has 2 atom stereocenters. The number of hydrogen-bond donors (Lipinski definition) is 0. The molecular weight excluding hydrogens is 355 g/mol. The van der Waals surface area contributed by atoms with E-state index in [1.165, 1.54) is 17.7 Å². The summed E-state index contributed by atoms with van der Waals surface area (Å²) in [7, 11) is 1.65. The number of hydrogen-bond acceptors (Lipinski definition) is 3. The Morgan fingerprint density at radius 2 is 1.86 bits per heavy atom. The summed E-state index contributed by atoms with van der Waals surface area (Å²) in [5, 5.41) is 0. The summed E-state index contributed by atoms with van der Waals surface area (Å²) < 4.78 is 18.6. The molecular formula is C23H29FN2O2. The first-order valence-corrected chi connectivity index (χ1v) is 9.83. The molecule has 0 radical (unpaired) electrons. The van der Waals surface area contributed by atoms with Gasteiger partial charge in [-0.1, -0.05) is 42.5 Å². The first kappa shape index (κ1) is 20.5. The summed E-state index contributed by atoms with van der Waals surface area (Å²) in [6, 6.07) is 17.2. The van der Waals surface area contributed by atoms with Crippen LogP contribution in [0.1, 0.15) is 24.0 Å². The van der Waals surface area contributed by atoms with E-state index in [0.29, 0.717) is 25.6 Å². The van der Waals surface area contributed by atoms with Gasteiger partial charge < -0.3 is 9.64 Å². The van der Waals surface area contributed by atoms with Crippen LogP contribution in [-0.2, 0) is 16.1 Å². The van der Waals surface area contributed by atoms with Gasteiger partial charge in [0, 0.05) is 52.7 Å². The van der Waals surface area contributed by atoms with Crippen LogP contribution in [0, 0.1) is 11.7 Å². The number of likely N-dealkylation sites (tertiary alicyclic amines) is 1. The van der Waals surface area contributed by atoms with Crippen molar-refractivity contribution in [2.45, 2.75) is 19.4 Å². The van der Waals surface area contributed by atoms with Gasteiger partial charge in [0.05, 0.1) is 6.61 Å². The van der Waals surface area contributed by atoms with Crippen molar-refractivity contribution in [3.63, 3.8) is 0 Å². The monoisotopic (exact) mass is 384 g/mol. The molecule has 0 N–H and O–H groups in total. The summed E-state index contributed by atoms with van der Waals surface area (Å²) in [6.45, 7) is 6.12. The fraction of sp³-hybridized carbons (Fsp3) is 0.435. The first-order valence-electron chi connectivity index (χ1n) is 9.83. The van der Waals surface area contributed by atoms with Crippen molar-refractivity contribution in [3.05, 3.63) is 71.5 Å². The average Bonchev–Trinajstić information content (AvgIpc) is 3.08. The van der Waals surface area contributed by atoms with E-state index in [4.69, 9.17) is 4.74 Å². The maximum atomic E-state index is 13.4. The zero-order valence-electron chi connectivity index (χ0n) is 16.7. The van der Waals surface area contributed by atoms with E-state index in [0.717, 1.165) is 25.2 Å². The fourth-order valence-corrected chi connectivity index (χ4v) is 4.07. The predicted octanol–water partition coefficient (Wildman–Crippen LogP) is 3.54. The average molecular weight is 384 g/mol. The van der Waals surface area contributed by atoms with Gasteiger partial charge in [-0.3, -0.25) is 9.69 Å². The van der Waals surface area contributed by atoms with E-state index < -0.39 is 0 Å². The molecule has 28 heavy (non-hydrogen) atoms. The Labute approximate surface area is 166 Å². The van der Waals surface area contributed by atoms with Crippen LogP contribution < -0.4 is 0 Å². The molecule has 4 nitrogen and oxygen atoms in total. The number of ether oxygens (including phenoxy) is 1. The van der Waals surface area contributed by atoms with Crippen LogP contribution in [0.25, 0.3) is 0 Å². The number of nitrogens with zero attached hydrogens (tertiary/aromatic N) is 2. The number of carbonyl (C=O) groups excluding carboxylic acids is 1. The molecule has 1 heterocycles. The highest BCUT2D eigenvalue weighted by Crippen LogP contribution is 2.34. The second kappa shape index (κ2) is 9.80. The van der Waals surface area contributed by atoms with E-state index in [1.807, 2.05) is 23.1 Å². The number of benzene rings is 2. The zero-order chi connectivity index (χ0) is 19.9. The molecule has 0 bridgehead atoms. The summed E-state index contributed by atoms with van der Waals surface area (Å²) in [6.07, 6.45) is 0. The minimum absolute atomic E-state index is 0.0661.